The Morgan fingerprint density at radius 1 is 1.05 bits per heavy atom. The van der Waals surface area contributed by atoms with Crippen LogP contribution in [0.2, 0.25) is 0 Å². The van der Waals surface area contributed by atoms with Gasteiger partial charge in [0.15, 0.2) is 11.5 Å². The first-order valence-corrected chi connectivity index (χ1v) is 13.5. The van der Waals surface area contributed by atoms with Gasteiger partial charge >= 0.3 is 0 Å². The van der Waals surface area contributed by atoms with Crippen molar-refractivity contribution < 1.29 is 0 Å². The van der Waals surface area contributed by atoms with E-state index in [1.807, 2.05) is 12.1 Å². The molecule has 11 heteroatoms. The molecule has 39 heavy (non-hydrogen) atoms. The van der Waals surface area contributed by atoms with Crippen LogP contribution in [0.1, 0.15) is 19.3 Å². The second kappa shape index (κ2) is 10.5. The molecule has 0 amide bonds. The van der Waals surface area contributed by atoms with E-state index in [1.54, 1.807) is 16.8 Å². The van der Waals surface area contributed by atoms with E-state index >= 15 is 0 Å². The summed E-state index contributed by atoms with van der Waals surface area (Å²) in [4.78, 5) is 39.6. The summed E-state index contributed by atoms with van der Waals surface area (Å²) in [6, 6.07) is 11.3. The molecular formula is C28H33N9O2. The summed E-state index contributed by atoms with van der Waals surface area (Å²) < 4.78 is 4.66. The lowest BCUT2D eigenvalue weighted by Crippen LogP contribution is -2.44. The molecule has 2 fully saturated rings. The molecule has 0 radical (unpaired) electrons. The molecule has 1 N–H and O–H groups in total. The summed E-state index contributed by atoms with van der Waals surface area (Å²) in [5.74, 6) is 1.27. The summed E-state index contributed by atoms with van der Waals surface area (Å²) in [5, 5.41) is 8.26. The minimum absolute atomic E-state index is 0.156. The molecule has 0 spiro atoms. The summed E-state index contributed by atoms with van der Waals surface area (Å²) in [6.45, 7) is 8.75. The van der Waals surface area contributed by atoms with Crippen LogP contribution in [0.15, 0.2) is 64.8 Å². The Morgan fingerprint density at radius 3 is 2.51 bits per heavy atom. The molecule has 1 aliphatic heterocycles. The van der Waals surface area contributed by atoms with E-state index in [2.05, 4.69) is 51.0 Å². The molecule has 3 aromatic heterocycles. The normalized spacial score (nSPS) is 16.4. The Kier molecular flexibility index (Phi) is 6.74. The molecule has 1 saturated heterocycles. The number of rotatable bonds is 8. The first kappa shape index (κ1) is 25.1. The third kappa shape index (κ3) is 4.97. The summed E-state index contributed by atoms with van der Waals surface area (Å²) in [6.07, 6.45) is 6.57. The van der Waals surface area contributed by atoms with Crippen LogP contribution in [0.25, 0.3) is 16.9 Å². The number of benzene rings is 1. The molecule has 6 rings (SSSR count). The Labute approximate surface area is 226 Å². The molecule has 0 unspecified atom stereocenters. The van der Waals surface area contributed by atoms with Crippen LogP contribution in [0, 0.1) is 5.92 Å². The standard InChI is InChI=1S/C28H33N9O2/c1-3-13-36-27(39)23-18-29-28(30-21-7-9-22(10-8-21)34-16-14-33(2)15-17-34)31-26(23)37(36)24-11-12-25(38)35(32-24)19-20-5-4-6-20/h3,7-12,18,20H,1,4-6,13-17,19H2,2H3,(H,29,30,31). The van der Waals surface area contributed by atoms with Crippen LogP contribution >= 0.6 is 0 Å². The number of likely N-dealkylation sites (N-methyl/N-ethyl adjacent to an activating group) is 1. The largest absolute Gasteiger partial charge is 0.369 e. The van der Waals surface area contributed by atoms with Crippen LogP contribution in [-0.2, 0) is 13.1 Å². The van der Waals surface area contributed by atoms with E-state index in [9.17, 15) is 9.59 Å². The van der Waals surface area contributed by atoms with Gasteiger partial charge in [0, 0.05) is 56.4 Å². The topological polar surface area (TPSA) is 106 Å². The lowest BCUT2D eigenvalue weighted by Gasteiger charge is -2.34. The average molecular weight is 528 g/mol. The van der Waals surface area contributed by atoms with Gasteiger partial charge in [-0.2, -0.15) is 4.98 Å². The Bertz CT molecular complexity index is 1610. The fourth-order valence-corrected chi connectivity index (χ4v) is 5.16. The first-order chi connectivity index (χ1) is 19.0. The molecule has 1 aromatic carbocycles. The smallest absolute Gasteiger partial charge is 0.278 e. The van der Waals surface area contributed by atoms with Crippen molar-refractivity contribution in [3.05, 3.63) is 76.0 Å². The van der Waals surface area contributed by atoms with Crippen LogP contribution in [0.3, 0.4) is 0 Å². The first-order valence-electron chi connectivity index (χ1n) is 13.5. The lowest BCUT2D eigenvalue weighted by molar-refractivity contribution is 0.261. The lowest BCUT2D eigenvalue weighted by atomic mass is 9.85. The number of hydrogen-bond donors (Lipinski definition) is 1. The fourth-order valence-electron chi connectivity index (χ4n) is 5.16. The van der Waals surface area contributed by atoms with Crippen molar-refractivity contribution in [2.75, 3.05) is 43.4 Å². The SMILES string of the molecule is C=CCn1c(=O)c2cnc(Nc3ccc(N4CCN(C)CC4)cc3)nc2n1-c1ccc(=O)n(CC2CCC2)n1. The molecule has 1 aliphatic carbocycles. The molecule has 2 aliphatic rings. The van der Waals surface area contributed by atoms with Crippen molar-refractivity contribution in [3.63, 3.8) is 0 Å². The Hall–Kier alpha value is -4.25. The highest BCUT2D eigenvalue weighted by Gasteiger charge is 2.21. The number of aromatic nitrogens is 6. The average Bonchev–Trinajstić information content (AvgIpc) is 3.19. The van der Waals surface area contributed by atoms with E-state index < -0.39 is 0 Å². The number of hydrogen-bond acceptors (Lipinski definition) is 8. The number of nitrogens with one attached hydrogen (secondary N) is 1. The van der Waals surface area contributed by atoms with Gasteiger partial charge in [-0.05, 0) is 56.1 Å². The van der Waals surface area contributed by atoms with Gasteiger partial charge in [0.2, 0.25) is 5.95 Å². The van der Waals surface area contributed by atoms with E-state index in [0.29, 0.717) is 35.3 Å². The van der Waals surface area contributed by atoms with Gasteiger partial charge in [0.1, 0.15) is 5.39 Å². The summed E-state index contributed by atoms with van der Waals surface area (Å²) >= 11 is 0. The van der Waals surface area contributed by atoms with Crippen LogP contribution in [-0.4, -0.2) is 67.2 Å². The Morgan fingerprint density at radius 2 is 1.82 bits per heavy atom. The van der Waals surface area contributed by atoms with Crippen molar-refractivity contribution in [1.29, 1.82) is 0 Å². The molecular weight excluding hydrogens is 494 g/mol. The minimum atomic E-state index is -0.244. The van der Waals surface area contributed by atoms with Crippen molar-refractivity contribution in [3.8, 4) is 5.82 Å². The van der Waals surface area contributed by atoms with Crippen molar-refractivity contribution in [2.24, 2.45) is 5.92 Å². The molecule has 4 aromatic rings. The maximum Gasteiger partial charge on any atom is 0.278 e. The number of nitrogens with zero attached hydrogens (tertiary/aromatic N) is 8. The summed E-state index contributed by atoms with van der Waals surface area (Å²) in [7, 11) is 2.15. The Balaban J connectivity index is 1.33. The van der Waals surface area contributed by atoms with Gasteiger partial charge in [-0.25, -0.2) is 19.0 Å². The second-order valence-corrected chi connectivity index (χ2v) is 10.4. The molecule has 1 saturated carbocycles. The van der Waals surface area contributed by atoms with Gasteiger partial charge in [-0.15, -0.1) is 11.7 Å². The maximum atomic E-state index is 13.3. The van der Waals surface area contributed by atoms with Gasteiger partial charge in [0.25, 0.3) is 11.1 Å². The van der Waals surface area contributed by atoms with E-state index in [0.717, 1.165) is 44.7 Å². The van der Waals surface area contributed by atoms with Gasteiger partial charge < -0.3 is 15.1 Å². The molecule has 11 nitrogen and oxygen atoms in total. The monoisotopic (exact) mass is 527 g/mol. The predicted octanol–water partition coefficient (Wildman–Crippen LogP) is 2.62. The third-order valence-electron chi connectivity index (χ3n) is 7.69. The van der Waals surface area contributed by atoms with E-state index in [4.69, 9.17) is 4.98 Å². The molecule has 4 heterocycles. The maximum absolute atomic E-state index is 13.3. The fraction of sp³-hybridized carbons (Fsp3) is 0.393. The zero-order valence-corrected chi connectivity index (χ0v) is 22.2. The molecule has 202 valence electrons. The van der Waals surface area contributed by atoms with Gasteiger partial charge in [-0.3, -0.25) is 9.59 Å². The minimum Gasteiger partial charge on any atom is -0.369 e. The third-order valence-corrected chi connectivity index (χ3v) is 7.69. The highest BCUT2D eigenvalue weighted by molar-refractivity contribution is 5.77. The van der Waals surface area contributed by atoms with Gasteiger partial charge in [-0.1, -0.05) is 12.5 Å². The van der Waals surface area contributed by atoms with Crippen LogP contribution in [0.5, 0.6) is 0 Å². The molecule has 0 atom stereocenters. The number of fused-ring (bicyclic) bond motifs is 1. The van der Waals surface area contributed by atoms with Crippen LogP contribution < -0.4 is 21.3 Å². The zero-order chi connectivity index (χ0) is 26.9. The summed E-state index contributed by atoms with van der Waals surface area (Å²) in [5.41, 5.74) is 2.04. The van der Waals surface area contributed by atoms with E-state index in [1.165, 1.54) is 33.7 Å². The number of allylic oxidation sites excluding steroid dienone is 1. The number of anilines is 3. The van der Waals surface area contributed by atoms with Gasteiger partial charge in [0.05, 0.1) is 6.54 Å². The molecule has 0 bridgehead atoms. The quantitative estimate of drug-likeness (QED) is 0.349. The van der Waals surface area contributed by atoms with E-state index in [-0.39, 0.29) is 17.7 Å². The van der Waals surface area contributed by atoms with Crippen LogP contribution in [0.4, 0.5) is 17.3 Å². The van der Waals surface area contributed by atoms with Crippen molar-refractivity contribution in [1.82, 2.24) is 34.0 Å². The predicted molar refractivity (Wildman–Crippen MR) is 152 cm³/mol. The second-order valence-electron chi connectivity index (χ2n) is 10.4. The number of piperazine rings is 1. The highest BCUT2D eigenvalue weighted by atomic mass is 16.1. The highest BCUT2D eigenvalue weighted by Crippen LogP contribution is 2.27. The van der Waals surface area contributed by atoms with Crippen molar-refractivity contribution >= 4 is 28.4 Å². The zero-order valence-electron chi connectivity index (χ0n) is 22.2. The van der Waals surface area contributed by atoms with Crippen molar-refractivity contribution in [2.45, 2.75) is 32.4 Å².